The maximum atomic E-state index is 13.1. The van der Waals surface area contributed by atoms with Gasteiger partial charge in [0.15, 0.2) is 5.41 Å². The van der Waals surface area contributed by atoms with Gasteiger partial charge in [0.05, 0.1) is 18.1 Å². The first kappa shape index (κ1) is 32.7. The summed E-state index contributed by atoms with van der Waals surface area (Å²) >= 11 is 5.83. The molecule has 2 rings (SSSR count). The zero-order valence-corrected chi connectivity index (χ0v) is 24.6. The van der Waals surface area contributed by atoms with E-state index in [1.807, 2.05) is 18.3 Å². The second-order valence-electron chi connectivity index (χ2n) is 9.46. The van der Waals surface area contributed by atoms with E-state index >= 15 is 0 Å². The fraction of sp³-hybridized carbons (Fsp3) is 0.552. The number of aryl methyl sites for hydroxylation is 1. The molecule has 8 nitrogen and oxygen atoms in total. The zero-order chi connectivity index (χ0) is 28.6. The number of ether oxygens (including phenoxy) is 2. The average Bonchev–Trinajstić information content (AvgIpc) is 2.92. The van der Waals surface area contributed by atoms with Gasteiger partial charge in [-0.25, -0.2) is 13.1 Å². The second kappa shape index (κ2) is 17.3. The molecule has 0 bridgehead atoms. The van der Waals surface area contributed by atoms with E-state index in [4.69, 9.17) is 21.1 Å². The summed E-state index contributed by atoms with van der Waals surface area (Å²) in [6.45, 7) is 4.13. The minimum Gasteiger partial charge on any atom is -0.465 e. The van der Waals surface area contributed by atoms with Gasteiger partial charge in [0.2, 0.25) is 10.0 Å². The molecular formula is C29H41ClN2O6S. The molecule has 0 aliphatic rings. The molecule has 0 unspecified atom stereocenters. The number of esters is 2. The normalized spacial score (nSPS) is 11.8. The molecule has 0 aliphatic carbocycles. The molecule has 0 radical (unpaired) electrons. The lowest BCUT2D eigenvalue weighted by Gasteiger charge is -2.29. The second-order valence-corrected chi connectivity index (χ2v) is 11.7. The number of pyridine rings is 1. The Balaban J connectivity index is 1.87. The average molecular weight is 581 g/mol. The number of hydrogen-bond donors (Lipinski definition) is 1. The van der Waals surface area contributed by atoms with Crippen LogP contribution in [0, 0.1) is 5.41 Å². The molecule has 0 aliphatic heterocycles. The van der Waals surface area contributed by atoms with Crippen molar-refractivity contribution in [3.05, 3.63) is 59.4 Å². The quantitative estimate of drug-likeness (QED) is 0.125. The Labute approximate surface area is 237 Å². The maximum Gasteiger partial charge on any atom is 0.323 e. The first-order valence-electron chi connectivity index (χ1n) is 13.7. The molecule has 1 heterocycles. The molecule has 1 N–H and O–H groups in total. The summed E-state index contributed by atoms with van der Waals surface area (Å²) in [6.07, 6.45) is 10.4. The minimum atomic E-state index is -3.60. The van der Waals surface area contributed by atoms with Gasteiger partial charge in [0.25, 0.3) is 0 Å². The van der Waals surface area contributed by atoms with Gasteiger partial charge in [-0.05, 0) is 81.8 Å². The Morgan fingerprint density at radius 1 is 0.872 bits per heavy atom. The molecule has 0 saturated heterocycles. The van der Waals surface area contributed by atoms with Gasteiger partial charge < -0.3 is 9.47 Å². The lowest BCUT2D eigenvalue weighted by Crippen LogP contribution is -2.42. The Bertz CT molecular complexity index is 1090. The van der Waals surface area contributed by atoms with Gasteiger partial charge in [-0.2, -0.15) is 0 Å². The molecule has 2 aromatic rings. The van der Waals surface area contributed by atoms with Crippen LogP contribution in [0.25, 0.3) is 0 Å². The van der Waals surface area contributed by atoms with E-state index in [1.165, 1.54) is 24.3 Å². The third-order valence-electron chi connectivity index (χ3n) is 6.57. The number of nitrogens with zero attached hydrogens (tertiary/aromatic N) is 1. The smallest absolute Gasteiger partial charge is 0.323 e. The van der Waals surface area contributed by atoms with Crippen LogP contribution >= 0.6 is 11.6 Å². The van der Waals surface area contributed by atoms with Crippen molar-refractivity contribution in [2.45, 2.75) is 83.0 Å². The molecule has 39 heavy (non-hydrogen) atoms. The largest absolute Gasteiger partial charge is 0.465 e. The van der Waals surface area contributed by atoms with Crippen molar-refractivity contribution in [2.24, 2.45) is 5.41 Å². The van der Waals surface area contributed by atoms with E-state index < -0.39 is 27.4 Å². The number of aromatic nitrogens is 1. The first-order valence-corrected chi connectivity index (χ1v) is 15.6. The van der Waals surface area contributed by atoms with Crippen LogP contribution in [0.3, 0.4) is 0 Å². The standard InChI is InChI=1S/C29H41ClN2O6S/c1-3-37-27(33)29(28(34)38-4-2,20-10-7-8-13-24-14-12-21-31-23-24)19-9-5-6-11-22-32-39(35,36)26-17-15-25(30)16-18-26/h12,14-18,21,23,32H,3-11,13,19-20,22H2,1-2H3. The summed E-state index contributed by atoms with van der Waals surface area (Å²) in [6, 6.07) is 9.96. The third-order valence-corrected chi connectivity index (χ3v) is 8.30. The van der Waals surface area contributed by atoms with Crippen molar-refractivity contribution in [1.82, 2.24) is 9.71 Å². The van der Waals surface area contributed by atoms with Crippen molar-refractivity contribution in [3.8, 4) is 0 Å². The maximum absolute atomic E-state index is 13.1. The van der Waals surface area contributed by atoms with Crippen LogP contribution in [0.2, 0.25) is 5.02 Å². The number of halogens is 1. The SMILES string of the molecule is CCOC(=O)C(CCCCCCNS(=O)(=O)c1ccc(Cl)cc1)(CCCCCc1cccnc1)C(=O)OCC. The van der Waals surface area contributed by atoms with Crippen LogP contribution in [0.15, 0.2) is 53.7 Å². The van der Waals surface area contributed by atoms with Crippen molar-refractivity contribution in [2.75, 3.05) is 19.8 Å². The number of nitrogens with one attached hydrogen (secondary N) is 1. The van der Waals surface area contributed by atoms with Crippen LogP contribution < -0.4 is 4.72 Å². The van der Waals surface area contributed by atoms with Gasteiger partial charge in [-0.15, -0.1) is 0 Å². The third kappa shape index (κ3) is 10.9. The van der Waals surface area contributed by atoms with E-state index in [-0.39, 0.29) is 18.1 Å². The van der Waals surface area contributed by atoms with E-state index in [1.54, 1.807) is 20.0 Å². The number of rotatable bonds is 19. The number of carbonyl (C=O) groups excluding carboxylic acids is 2. The van der Waals surface area contributed by atoms with Gasteiger partial charge in [-0.3, -0.25) is 14.6 Å². The number of carbonyl (C=O) groups is 2. The highest BCUT2D eigenvalue weighted by Gasteiger charge is 2.47. The molecule has 0 saturated carbocycles. The summed E-state index contributed by atoms with van der Waals surface area (Å²) < 4.78 is 38.1. The van der Waals surface area contributed by atoms with Crippen molar-refractivity contribution in [3.63, 3.8) is 0 Å². The fourth-order valence-corrected chi connectivity index (χ4v) is 5.64. The number of hydrogen-bond acceptors (Lipinski definition) is 7. The van der Waals surface area contributed by atoms with Gasteiger partial charge in [0.1, 0.15) is 0 Å². The van der Waals surface area contributed by atoms with Crippen LogP contribution in [0.1, 0.15) is 77.2 Å². The Hall–Kier alpha value is -2.49. The Kier molecular flexibility index (Phi) is 14.5. The monoisotopic (exact) mass is 580 g/mol. The molecule has 0 atom stereocenters. The lowest BCUT2D eigenvalue weighted by atomic mass is 9.77. The number of sulfonamides is 1. The molecule has 1 aromatic carbocycles. The summed E-state index contributed by atoms with van der Waals surface area (Å²) in [7, 11) is -3.60. The van der Waals surface area contributed by atoms with Gasteiger partial charge in [0, 0.05) is 24.0 Å². The Morgan fingerprint density at radius 2 is 1.46 bits per heavy atom. The predicted octanol–water partition coefficient (Wildman–Crippen LogP) is 5.88. The summed E-state index contributed by atoms with van der Waals surface area (Å²) in [5.74, 6) is -1.04. The number of unbranched alkanes of at least 4 members (excludes halogenated alkanes) is 5. The highest BCUT2D eigenvalue weighted by molar-refractivity contribution is 7.89. The minimum absolute atomic E-state index is 0.168. The van der Waals surface area contributed by atoms with Crippen molar-refractivity contribution >= 4 is 33.6 Å². The van der Waals surface area contributed by atoms with Crippen LogP contribution in [0.4, 0.5) is 0 Å². The van der Waals surface area contributed by atoms with Crippen LogP contribution in [-0.4, -0.2) is 45.1 Å². The molecule has 1 aromatic heterocycles. The molecule has 0 amide bonds. The Morgan fingerprint density at radius 3 is 2.03 bits per heavy atom. The van der Waals surface area contributed by atoms with E-state index in [0.29, 0.717) is 43.7 Å². The molecular weight excluding hydrogens is 540 g/mol. The number of benzene rings is 1. The summed E-state index contributed by atoms with van der Waals surface area (Å²) in [4.78, 5) is 30.5. The van der Waals surface area contributed by atoms with Crippen molar-refractivity contribution < 1.29 is 27.5 Å². The van der Waals surface area contributed by atoms with E-state index in [0.717, 1.165) is 37.7 Å². The predicted molar refractivity (Wildman–Crippen MR) is 152 cm³/mol. The lowest BCUT2D eigenvalue weighted by molar-refractivity contribution is -0.173. The zero-order valence-electron chi connectivity index (χ0n) is 23.0. The van der Waals surface area contributed by atoms with Crippen LogP contribution in [-0.2, 0) is 35.5 Å². The van der Waals surface area contributed by atoms with E-state index in [9.17, 15) is 18.0 Å². The summed E-state index contributed by atoms with van der Waals surface area (Å²) in [5.41, 5.74) is -0.161. The highest BCUT2D eigenvalue weighted by atomic mass is 35.5. The summed E-state index contributed by atoms with van der Waals surface area (Å²) in [5, 5.41) is 0.473. The topological polar surface area (TPSA) is 112 Å². The molecule has 0 spiro atoms. The molecule has 0 fully saturated rings. The molecule has 216 valence electrons. The first-order chi connectivity index (χ1) is 18.7. The van der Waals surface area contributed by atoms with E-state index in [2.05, 4.69) is 9.71 Å². The highest BCUT2D eigenvalue weighted by Crippen LogP contribution is 2.35. The molecule has 10 heteroatoms. The van der Waals surface area contributed by atoms with Crippen molar-refractivity contribution in [1.29, 1.82) is 0 Å². The van der Waals surface area contributed by atoms with Gasteiger partial charge in [-0.1, -0.05) is 49.8 Å². The van der Waals surface area contributed by atoms with Crippen LogP contribution in [0.5, 0.6) is 0 Å². The van der Waals surface area contributed by atoms with Gasteiger partial charge >= 0.3 is 11.9 Å². The fourth-order valence-electron chi connectivity index (χ4n) is 4.44.